The summed E-state index contributed by atoms with van der Waals surface area (Å²) in [6.07, 6.45) is 3.54. The Hall–Kier alpha value is -4.19. The number of nitrogens with one attached hydrogen (secondary N) is 2. The summed E-state index contributed by atoms with van der Waals surface area (Å²) in [6, 6.07) is 13.5. The number of aryl methyl sites for hydroxylation is 2. The van der Waals surface area contributed by atoms with Gasteiger partial charge in [-0.25, -0.2) is 22.9 Å². The molecule has 2 fully saturated rings. The molecule has 0 saturated heterocycles. The third-order valence-electron chi connectivity index (χ3n) is 9.54. The number of alkyl carbamates (subject to hydrolysis) is 1. The number of aromatic nitrogens is 2. The molecule has 1 spiro atoms. The highest BCUT2D eigenvalue weighted by Gasteiger charge is 2.56. The number of ether oxygens (including phenoxy) is 2. The minimum Gasteiger partial charge on any atom is -0.475 e. The average molecular weight is 662 g/mol. The van der Waals surface area contributed by atoms with Crippen LogP contribution in [0.25, 0.3) is 11.3 Å². The predicted molar refractivity (Wildman–Crippen MR) is 178 cm³/mol. The van der Waals surface area contributed by atoms with Crippen LogP contribution in [0.1, 0.15) is 74.4 Å². The molecule has 0 radical (unpaired) electrons. The number of hydrogen-bond acceptors (Lipinski definition) is 8. The first-order valence-electron chi connectivity index (χ1n) is 16.3. The van der Waals surface area contributed by atoms with Crippen LogP contribution in [0.3, 0.4) is 0 Å². The van der Waals surface area contributed by atoms with E-state index in [4.69, 9.17) is 9.47 Å². The molecule has 12 heteroatoms. The third kappa shape index (κ3) is 6.79. The lowest BCUT2D eigenvalue weighted by Crippen LogP contribution is -2.64. The van der Waals surface area contributed by atoms with E-state index >= 15 is 0 Å². The van der Waals surface area contributed by atoms with E-state index in [1.165, 1.54) is 12.1 Å². The molecule has 2 aliphatic carbocycles. The predicted octanol–water partition coefficient (Wildman–Crippen LogP) is 5.87. The molecule has 6 rings (SSSR count). The molecule has 2 heterocycles. The summed E-state index contributed by atoms with van der Waals surface area (Å²) in [5, 5.41) is 2.93. The van der Waals surface area contributed by atoms with Crippen molar-refractivity contribution < 1.29 is 27.5 Å². The van der Waals surface area contributed by atoms with Crippen molar-refractivity contribution >= 4 is 28.0 Å². The van der Waals surface area contributed by atoms with Crippen LogP contribution >= 0.6 is 0 Å². The first-order valence-corrected chi connectivity index (χ1v) is 17.8. The molecule has 4 bridgehead atoms. The number of nitrogens with zero attached hydrogens (tertiary/aromatic N) is 3. The second-order valence-electron chi connectivity index (χ2n) is 13.7. The number of anilines is 1. The smallest absolute Gasteiger partial charge is 0.407 e. The van der Waals surface area contributed by atoms with Crippen LogP contribution in [0.15, 0.2) is 53.4 Å². The van der Waals surface area contributed by atoms with Gasteiger partial charge < -0.3 is 19.7 Å². The first kappa shape index (κ1) is 32.7. The van der Waals surface area contributed by atoms with Crippen molar-refractivity contribution in [1.82, 2.24) is 20.2 Å². The Morgan fingerprint density at radius 1 is 1.09 bits per heavy atom. The fraction of sp³-hybridized carbons (Fsp3) is 0.486. The Labute approximate surface area is 276 Å². The number of amides is 2. The molecule has 3 aromatic rings. The van der Waals surface area contributed by atoms with Crippen LogP contribution in [0.5, 0.6) is 5.88 Å². The molecule has 3 aliphatic rings. The van der Waals surface area contributed by atoms with Crippen molar-refractivity contribution in [3.05, 3.63) is 65.2 Å². The second kappa shape index (κ2) is 12.8. The number of hydrogen-bond donors (Lipinski definition) is 2. The van der Waals surface area contributed by atoms with Gasteiger partial charge in [0.05, 0.1) is 23.2 Å². The molecular weight excluding hydrogens is 618 g/mol. The summed E-state index contributed by atoms with van der Waals surface area (Å²) >= 11 is 0. The van der Waals surface area contributed by atoms with Crippen molar-refractivity contribution in [3.8, 4) is 17.1 Å². The Morgan fingerprint density at radius 2 is 1.79 bits per heavy atom. The van der Waals surface area contributed by atoms with Crippen molar-refractivity contribution in [1.29, 1.82) is 0 Å². The minimum absolute atomic E-state index is 0.0521. The molecule has 1 atom stereocenters. The first-order chi connectivity index (χ1) is 22.4. The van der Waals surface area contributed by atoms with Crippen LogP contribution < -0.4 is 14.8 Å². The lowest BCUT2D eigenvalue weighted by molar-refractivity contribution is -0.0774. The maximum absolute atomic E-state index is 14.4. The SMILES string of the molecule is CCOC(=O)NC1CC2(C1)CC(N1C(=O)c3cccc(c3)S(=O)(=O)Nc3nc(cc(-c4c(C)cccc4C)n3)OC[C@H]1CC(C)C)C2. The van der Waals surface area contributed by atoms with Crippen molar-refractivity contribution in [3.63, 3.8) is 0 Å². The summed E-state index contributed by atoms with van der Waals surface area (Å²) in [7, 11) is -4.14. The number of carbonyl (C=O) groups is 2. The molecule has 250 valence electrons. The van der Waals surface area contributed by atoms with Gasteiger partial charge in [0.25, 0.3) is 15.9 Å². The van der Waals surface area contributed by atoms with Gasteiger partial charge in [-0.15, -0.1) is 0 Å². The molecule has 2 saturated carbocycles. The molecule has 2 N–H and O–H groups in total. The van der Waals surface area contributed by atoms with Gasteiger partial charge in [0.1, 0.15) is 6.61 Å². The standard InChI is InChI=1S/C35H43N5O6S/c1-6-45-34(42)36-25-16-35(17-25)18-27(19-35)40-26(13-21(2)3)20-46-30-15-29(31-22(4)9-7-10-23(31)5)37-33(38-30)39-47(43,44)28-12-8-11-24(14-28)32(40)41/h7-12,14-15,21,25-27H,6,13,16-20H2,1-5H3,(H,36,42)(H,37,38,39)/t25?,26-,27?,35?/m1/s1. The number of benzene rings is 2. The molecular formula is C35H43N5O6S. The Balaban J connectivity index is 1.36. The highest BCUT2D eigenvalue weighted by atomic mass is 32.2. The lowest BCUT2D eigenvalue weighted by Gasteiger charge is -2.60. The van der Waals surface area contributed by atoms with Gasteiger partial charge in [-0.3, -0.25) is 4.79 Å². The Bertz CT molecular complexity index is 1760. The summed E-state index contributed by atoms with van der Waals surface area (Å²) in [5.74, 6) is 0.139. The summed E-state index contributed by atoms with van der Waals surface area (Å²) in [6.45, 7) is 10.5. The fourth-order valence-corrected chi connectivity index (χ4v) is 8.52. The van der Waals surface area contributed by atoms with Gasteiger partial charge in [0, 0.05) is 29.3 Å². The van der Waals surface area contributed by atoms with Crippen LogP contribution in [-0.2, 0) is 14.8 Å². The van der Waals surface area contributed by atoms with E-state index in [2.05, 4.69) is 33.9 Å². The molecule has 2 amide bonds. The summed E-state index contributed by atoms with van der Waals surface area (Å²) < 4.78 is 41.2. The van der Waals surface area contributed by atoms with Crippen molar-refractivity contribution in [2.75, 3.05) is 17.9 Å². The largest absolute Gasteiger partial charge is 0.475 e. The molecule has 1 aromatic heterocycles. The van der Waals surface area contributed by atoms with E-state index in [1.54, 1.807) is 25.1 Å². The van der Waals surface area contributed by atoms with E-state index in [1.807, 2.05) is 36.9 Å². The summed E-state index contributed by atoms with van der Waals surface area (Å²) in [4.78, 5) is 37.3. The fourth-order valence-electron chi connectivity index (χ4n) is 7.53. The van der Waals surface area contributed by atoms with Gasteiger partial charge in [-0.2, -0.15) is 4.98 Å². The number of rotatable bonds is 6. The third-order valence-corrected chi connectivity index (χ3v) is 10.9. The zero-order chi connectivity index (χ0) is 33.5. The van der Waals surface area contributed by atoms with Gasteiger partial charge in [0.2, 0.25) is 11.8 Å². The van der Waals surface area contributed by atoms with Crippen LogP contribution in [-0.4, -0.2) is 66.6 Å². The Morgan fingerprint density at radius 3 is 2.47 bits per heavy atom. The second-order valence-corrected chi connectivity index (χ2v) is 15.3. The van der Waals surface area contributed by atoms with Gasteiger partial charge in [-0.1, -0.05) is 38.1 Å². The molecule has 2 aromatic carbocycles. The molecule has 0 unspecified atom stereocenters. The number of sulfonamides is 1. The van der Waals surface area contributed by atoms with Crippen molar-refractivity contribution in [2.24, 2.45) is 11.3 Å². The average Bonchev–Trinajstić information content (AvgIpc) is 2.96. The Kier molecular flexibility index (Phi) is 8.90. The van der Waals surface area contributed by atoms with E-state index in [0.717, 1.165) is 42.4 Å². The molecule has 1 aliphatic heterocycles. The maximum Gasteiger partial charge on any atom is 0.407 e. The molecule has 11 nitrogen and oxygen atoms in total. The van der Waals surface area contributed by atoms with E-state index in [9.17, 15) is 18.0 Å². The van der Waals surface area contributed by atoms with E-state index in [-0.39, 0.29) is 58.7 Å². The van der Waals surface area contributed by atoms with Crippen LogP contribution in [0, 0.1) is 25.2 Å². The van der Waals surface area contributed by atoms with Gasteiger partial charge in [-0.05, 0) is 93.5 Å². The zero-order valence-electron chi connectivity index (χ0n) is 27.6. The van der Waals surface area contributed by atoms with Gasteiger partial charge in [0.15, 0.2) is 0 Å². The highest BCUT2D eigenvalue weighted by molar-refractivity contribution is 7.92. The highest BCUT2D eigenvalue weighted by Crippen LogP contribution is 2.58. The van der Waals surface area contributed by atoms with Crippen LogP contribution in [0.4, 0.5) is 10.7 Å². The van der Waals surface area contributed by atoms with E-state index < -0.39 is 16.1 Å². The zero-order valence-corrected chi connectivity index (χ0v) is 28.4. The monoisotopic (exact) mass is 661 g/mol. The lowest BCUT2D eigenvalue weighted by atomic mass is 9.51. The molecule has 47 heavy (non-hydrogen) atoms. The normalized spacial score (nSPS) is 24.9. The minimum atomic E-state index is -4.14. The van der Waals surface area contributed by atoms with Crippen LogP contribution in [0.2, 0.25) is 0 Å². The van der Waals surface area contributed by atoms with Crippen molar-refractivity contribution in [2.45, 2.75) is 89.7 Å². The van der Waals surface area contributed by atoms with Gasteiger partial charge >= 0.3 is 6.09 Å². The van der Waals surface area contributed by atoms with E-state index in [0.29, 0.717) is 24.3 Å². The number of carbonyl (C=O) groups excluding carboxylic acids is 2. The quantitative estimate of drug-likeness (QED) is 0.335. The summed E-state index contributed by atoms with van der Waals surface area (Å²) in [5.41, 5.74) is 3.73. The topological polar surface area (TPSA) is 140 Å². The maximum atomic E-state index is 14.4. The number of fused-ring (bicyclic) bond motifs is 4.